The average molecular weight is 301 g/mol. The summed E-state index contributed by atoms with van der Waals surface area (Å²) in [6, 6.07) is 7.23. The highest BCUT2D eigenvalue weighted by atomic mass is 32.1. The first-order valence-electron chi connectivity index (χ1n) is 6.52. The molecule has 21 heavy (non-hydrogen) atoms. The molecule has 0 aliphatic rings. The molecule has 3 aromatic heterocycles. The number of hydrogen-bond donors (Lipinski definition) is 2. The van der Waals surface area contributed by atoms with Crippen LogP contribution >= 0.6 is 11.3 Å². The largest absolute Gasteiger partial charge is 0.383 e. The van der Waals surface area contributed by atoms with Crippen LogP contribution in [0.2, 0.25) is 0 Å². The number of aliphatic hydroxyl groups is 1. The van der Waals surface area contributed by atoms with Gasteiger partial charge >= 0.3 is 0 Å². The van der Waals surface area contributed by atoms with Crippen LogP contribution in [0.3, 0.4) is 0 Å². The molecule has 0 fully saturated rings. The van der Waals surface area contributed by atoms with Crippen molar-refractivity contribution >= 4 is 22.8 Å². The van der Waals surface area contributed by atoms with Crippen LogP contribution in [0.25, 0.3) is 5.52 Å². The third-order valence-corrected chi connectivity index (χ3v) is 4.44. The number of amides is 1. The fourth-order valence-corrected chi connectivity index (χ4v) is 2.87. The van der Waals surface area contributed by atoms with Crippen molar-refractivity contribution in [1.82, 2.24) is 14.7 Å². The van der Waals surface area contributed by atoms with Gasteiger partial charge in [-0.3, -0.25) is 4.79 Å². The zero-order valence-corrected chi connectivity index (χ0v) is 12.3. The minimum Gasteiger partial charge on any atom is -0.383 e. The summed E-state index contributed by atoms with van der Waals surface area (Å²) in [6.45, 7) is 1.86. The second kappa shape index (κ2) is 5.31. The van der Waals surface area contributed by atoms with Crippen molar-refractivity contribution in [3.8, 4) is 0 Å². The van der Waals surface area contributed by atoms with Crippen LogP contribution in [0.15, 0.2) is 48.4 Å². The molecule has 0 aliphatic heterocycles. The summed E-state index contributed by atoms with van der Waals surface area (Å²) in [4.78, 5) is 17.0. The Kier molecular flexibility index (Phi) is 3.48. The molecule has 108 valence electrons. The van der Waals surface area contributed by atoms with Gasteiger partial charge in [0, 0.05) is 16.6 Å². The number of rotatable bonds is 4. The predicted molar refractivity (Wildman–Crippen MR) is 81.4 cm³/mol. The van der Waals surface area contributed by atoms with Crippen LogP contribution in [0.5, 0.6) is 0 Å². The molecular weight excluding hydrogens is 286 g/mol. The number of pyridine rings is 1. The second-order valence-corrected chi connectivity index (χ2v) is 6.02. The highest BCUT2D eigenvalue weighted by molar-refractivity contribution is 7.10. The monoisotopic (exact) mass is 301 g/mol. The maximum atomic E-state index is 12.2. The van der Waals surface area contributed by atoms with Gasteiger partial charge in [-0.1, -0.05) is 6.07 Å². The lowest BCUT2D eigenvalue weighted by molar-refractivity contribution is 0.0557. The number of carbonyl (C=O) groups is 1. The number of hydrogen-bond acceptors (Lipinski definition) is 4. The molecule has 1 amide bonds. The predicted octanol–water partition coefficient (Wildman–Crippen LogP) is 2.03. The fourth-order valence-electron chi connectivity index (χ4n) is 2.09. The molecule has 6 heteroatoms. The Morgan fingerprint density at radius 1 is 1.52 bits per heavy atom. The van der Waals surface area contributed by atoms with Gasteiger partial charge in [-0.25, -0.2) is 4.98 Å². The molecule has 3 aromatic rings. The zero-order chi connectivity index (χ0) is 14.9. The van der Waals surface area contributed by atoms with E-state index in [0.717, 1.165) is 10.4 Å². The van der Waals surface area contributed by atoms with Crippen LogP contribution in [0.1, 0.15) is 22.2 Å². The van der Waals surface area contributed by atoms with Crippen LogP contribution in [0, 0.1) is 0 Å². The van der Waals surface area contributed by atoms with E-state index in [-0.39, 0.29) is 12.5 Å². The fraction of sp³-hybridized carbons (Fsp3) is 0.200. The minimum atomic E-state index is -1.06. The Balaban J connectivity index is 1.71. The van der Waals surface area contributed by atoms with Crippen molar-refractivity contribution in [2.45, 2.75) is 12.5 Å². The van der Waals surface area contributed by atoms with Crippen molar-refractivity contribution in [3.05, 3.63) is 58.8 Å². The first kappa shape index (κ1) is 13.8. The van der Waals surface area contributed by atoms with Gasteiger partial charge in [-0.15, -0.1) is 11.3 Å². The van der Waals surface area contributed by atoms with E-state index < -0.39 is 5.60 Å². The van der Waals surface area contributed by atoms with Crippen LogP contribution < -0.4 is 5.32 Å². The van der Waals surface area contributed by atoms with Gasteiger partial charge in [0.05, 0.1) is 24.6 Å². The molecule has 0 spiro atoms. The normalized spacial score (nSPS) is 14.0. The molecule has 0 saturated heterocycles. The van der Waals surface area contributed by atoms with E-state index in [1.54, 1.807) is 37.8 Å². The number of aromatic nitrogens is 2. The van der Waals surface area contributed by atoms with E-state index in [2.05, 4.69) is 10.3 Å². The van der Waals surface area contributed by atoms with E-state index >= 15 is 0 Å². The number of carbonyl (C=O) groups excluding carboxylic acids is 1. The number of imidazole rings is 1. The Labute approximate surface area is 125 Å². The van der Waals surface area contributed by atoms with Gasteiger partial charge < -0.3 is 14.8 Å². The molecule has 0 saturated carbocycles. The molecule has 1 unspecified atom stereocenters. The number of nitrogens with one attached hydrogen (secondary N) is 1. The molecule has 0 bridgehead atoms. The molecule has 0 aliphatic carbocycles. The van der Waals surface area contributed by atoms with E-state index in [0.29, 0.717) is 5.56 Å². The van der Waals surface area contributed by atoms with E-state index in [4.69, 9.17) is 0 Å². The van der Waals surface area contributed by atoms with Gasteiger partial charge in [0.2, 0.25) is 0 Å². The lowest BCUT2D eigenvalue weighted by Gasteiger charge is -2.22. The highest BCUT2D eigenvalue weighted by Gasteiger charge is 2.25. The Morgan fingerprint density at radius 3 is 3.14 bits per heavy atom. The third-order valence-electron chi connectivity index (χ3n) is 3.32. The third kappa shape index (κ3) is 2.81. The summed E-state index contributed by atoms with van der Waals surface area (Å²) < 4.78 is 1.83. The molecule has 3 heterocycles. The first-order valence-corrected chi connectivity index (χ1v) is 7.40. The molecule has 1 atom stereocenters. The first-order chi connectivity index (χ1) is 10.1. The average Bonchev–Trinajstić information content (AvgIpc) is 3.14. The summed E-state index contributed by atoms with van der Waals surface area (Å²) in [5.41, 5.74) is 0.336. The van der Waals surface area contributed by atoms with Crippen molar-refractivity contribution < 1.29 is 9.90 Å². The SMILES string of the molecule is CC(O)(CNC(=O)c1ccn2cncc2c1)c1cccs1. The van der Waals surface area contributed by atoms with Crippen molar-refractivity contribution in [2.24, 2.45) is 0 Å². The lowest BCUT2D eigenvalue weighted by Crippen LogP contribution is -2.38. The second-order valence-electron chi connectivity index (χ2n) is 5.08. The molecule has 5 nitrogen and oxygen atoms in total. The van der Waals surface area contributed by atoms with Crippen molar-refractivity contribution in [3.63, 3.8) is 0 Å². The Bertz CT molecular complexity index is 762. The number of fused-ring (bicyclic) bond motifs is 1. The number of nitrogens with zero attached hydrogens (tertiary/aromatic N) is 2. The van der Waals surface area contributed by atoms with Crippen molar-refractivity contribution in [2.75, 3.05) is 6.54 Å². The number of thiophene rings is 1. The lowest BCUT2D eigenvalue weighted by atomic mass is 10.1. The van der Waals surface area contributed by atoms with Crippen LogP contribution in [-0.4, -0.2) is 26.9 Å². The van der Waals surface area contributed by atoms with Gasteiger partial charge in [-0.05, 0) is 30.5 Å². The minimum absolute atomic E-state index is 0.163. The molecular formula is C15H15N3O2S. The molecule has 0 radical (unpaired) electrons. The summed E-state index contributed by atoms with van der Waals surface area (Å²) in [7, 11) is 0. The van der Waals surface area contributed by atoms with E-state index in [1.165, 1.54) is 11.3 Å². The van der Waals surface area contributed by atoms with Crippen LogP contribution in [-0.2, 0) is 5.60 Å². The summed E-state index contributed by atoms with van der Waals surface area (Å²) >= 11 is 1.47. The topological polar surface area (TPSA) is 66.6 Å². The standard InChI is InChI=1S/C15H15N3O2S/c1-15(20,13-3-2-6-21-13)9-17-14(19)11-4-5-18-10-16-8-12(18)7-11/h2-8,10,20H,9H2,1H3,(H,17,19). The zero-order valence-electron chi connectivity index (χ0n) is 11.5. The van der Waals surface area contributed by atoms with E-state index in [9.17, 15) is 9.90 Å². The van der Waals surface area contributed by atoms with Gasteiger partial charge in [0.15, 0.2) is 0 Å². The maximum Gasteiger partial charge on any atom is 0.251 e. The maximum absolute atomic E-state index is 12.2. The summed E-state index contributed by atoms with van der Waals surface area (Å²) in [5.74, 6) is -0.212. The van der Waals surface area contributed by atoms with Gasteiger partial charge in [-0.2, -0.15) is 0 Å². The molecule has 3 rings (SSSR count). The summed E-state index contributed by atoms with van der Waals surface area (Å²) in [6.07, 6.45) is 5.16. The quantitative estimate of drug-likeness (QED) is 0.775. The van der Waals surface area contributed by atoms with E-state index in [1.807, 2.05) is 21.9 Å². The molecule has 0 aromatic carbocycles. The Hall–Kier alpha value is -2.18. The highest BCUT2D eigenvalue weighted by Crippen LogP contribution is 2.24. The smallest absolute Gasteiger partial charge is 0.251 e. The summed E-state index contributed by atoms with van der Waals surface area (Å²) in [5, 5.41) is 15.1. The van der Waals surface area contributed by atoms with Crippen molar-refractivity contribution in [1.29, 1.82) is 0 Å². The van der Waals surface area contributed by atoms with Gasteiger partial charge in [0.1, 0.15) is 5.60 Å². The molecule has 2 N–H and O–H groups in total. The van der Waals surface area contributed by atoms with Gasteiger partial charge in [0.25, 0.3) is 5.91 Å². The van der Waals surface area contributed by atoms with Crippen LogP contribution in [0.4, 0.5) is 0 Å². The Morgan fingerprint density at radius 2 is 2.38 bits per heavy atom.